The van der Waals surface area contributed by atoms with Gasteiger partial charge in [0.15, 0.2) is 5.12 Å². The number of aryl methyl sites for hydroxylation is 1. The van der Waals surface area contributed by atoms with Gasteiger partial charge in [-0.2, -0.15) is 13.2 Å². The molecule has 31 heavy (non-hydrogen) atoms. The van der Waals surface area contributed by atoms with Gasteiger partial charge in [-0.1, -0.05) is 17.0 Å². The maximum Gasteiger partial charge on any atom is 0.490 e. The van der Waals surface area contributed by atoms with E-state index in [9.17, 15) is 22.8 Å². The van der Waals surface area contributed by atoms with Gasteiger partial charge in [-0.15, -0.1) is 5.10 Å². The molecule has 1 atom stereocenters. The van der Waals surface area contributed by atoms with Crippen molar-refractivity contribution in [1.82, 2.24) is 20.3 Å². The summed E-state index contributed by atoms with van der Waals surface area (Å²) in [5, 5.41) is 19.0. The minimum absolute atomic E-state index is 0.135. The first-order valence-corrected chi connectivity index (χ1v) is 10.3. The monoisotopic (exact) mass is 466 g/mol. The van der Waals surface area contributed by atoms with Crippen LogP contribution < -0.4 is 5.32 Å². The number of carboxylic acid groups (broad SMARTS) is 1. The molecule has 1 aromatic rings. The van der Waals surface area contributed by atoms with E-state index in [-0.39, 0.29) is 16.3 Å². The molecule has 1 fully saturated rings. The summed E-state index contributed by atoms with van der Waals surface area (Å²) in [5.41, 5.74) is 1.94. The second kappa shape index (κ2) is 13.1. The van der Waals surface area contributed by atoms with Crippen molar-refractivity contribution in [2.45, 2.75) is 51.1 Å². The molecule has 1 aliphatic rings. The molecule has 0 amide bonds. The van der Waals surface area contributed by atoms with Gasteiger partial charge >= 0.3 is 18.1 Å². The molecule has 2 N–H and O–H groups in total. The van der Waals surface area contributed by atoms with E-state index in [1.165, 1.54) is 17.3 Å². The Kier molecular flexibility index (Phi) is 11.3. The molecule has 13 heteroatoms. The van der Waals surface area contributed by atoms with E-state index in [0.717, 1.165) is 25.2 Å². The first-order valence-electron chi connectivity index (χ1n) is 9.47. The van der Waals surface area contributed by atoms with Gasteiger partial charge in [0.05, 0.1) is 12.8 Å². The van der Waals surface area contributed by atoms with E-state index in [4.69, 9.17) is 14.6 Å². The number of esters is 1. The van der Waals surface area contributed by atoms with Gasteiger partial charge < -0.3 is 15.2 Å². The normalized spacial score (nSPS) is 17.6. The maximum atomic E-state index is 11.4. The van der Waals surface area contributed by atoms with Crippen LogP contribution in [0, 0.1) is 0 Å². The van der Waals surface area contributed by atoms with Crippen LogP contribution in [-0.2, 0) is 25.7 Å². The molecule has 2 rings (SSSR count). The fraction of sp³-hybridized carbons (Fsp3) is 0.611. The zero-order valence-corrected chi connectivity index (χ0v) is 18.0. The van der Waals surface area contributed by atoms with Gasteiger partial charge in [-0.3, -0.25) is 14.3 Å². The number of nitrogens with one attached hydrogen (secondary N) is 1. The van der Waals surface area contributed by atoms with Crippen LogP contribution in [0.1, 0.15) is 38.8 Å². The third kappa shape index (κ3) is 11.0. The molecule has 9 nitrogen and oxygen atoms in total. The Bertz CT molecular complexity index is 782. The number of ether oxygens (including phenoxy) is 1. The lowest BCUT2D eigenvalue weighted by atomic mass is 10.1. The van der Waals surface area contributed by atoms with Crippen molar-refractivity contribution in [3.63, 3.8) is 0 Å². The number of carbonyl (C=O) groups is 3. The Balaban J connectivity index is 0.000000592. The molecule has 0 radical (unpaired) electrons. The van der Waals surface area contributed by atoms with Crippen LogP contribution in [0.15, 0.2) is 11.8 Å². The predicted octanol–water partition coefficient (Wildman–Crippen LogP) is 2.28. The number of rotatable bonds is 7. The van der Waals surface area contributed by atoms with Crippen molar-refractivity contribution >= 4 is 34.9 Å². The number of carboxylic acids is 1. The van der Waals surface area contributed by atoms with Crippen LogP contribution in [0.5, 0.6) is 0 Å². The zero-order valence-electron chi connectivity index (χ0n) is 17.1. The second-order valence-corrected chi connectivity index (χ2v) is 7.78. The van der Waals surface area contributed by atoms with Gasteiger partial charge in [0.25, 0.3) is 0 Å². The highest BCUT2D eigenvalue weighted by Crippen LogP contribution is 2.26. The minimum Gasteiger partial charge on any atom is -0.475 e. The molecule has 0 saturated carbocycles. The summed E-state index contributed by atoms with van der Waals surface area (Å²) in [7, 11) is 0. The van der Waals surface area contributed by atoms with Crippen LogP contribution >= 0.6 is 11.8 Å². The molecule has 0 aromatic carbocycles. The molecule has 174 valence electrons. The number of thioether (sulfide) groups is 1. The number of piperidine rings is 1. The van der Waals surface area contributed by atoms with E-state index in [0.29, 0.717) is 26.0 Å². The number of hydrogen-bond donors (Lipinski definition) is 2. The number of carbonyl (C=O) groups excluding carboxylic acids is 2. The summed E-state index contributed by atoms with van der Waals surface area (Å²) in [6.45, 7) is 6.12. The molecular weight excluding hydrogens is 441 g/mol. The molecule has 1 saturated heterocycles. The molecule has 1 aromatic heterocycles. The van der Waals surface area contributed by atoms with E-state index in [2.05, 4.69) is 15.6 Å². The maximum absolute atomic E-state index is 11.4. The molecule has 0 bridgehead atoms. The van der Waals surface area contributed by atoms with Crippen molar-refractivity contribution in [1.29, 1.82) is 0 Å². The SMILES string of the molecule is CCOC(=O)CCCn1cc(/C=C2\CNCCC2SC(C)=O)nn1.O=C(O)C(F)(F)F. The van der Waals surface area contributed by atoms with Crippen LogP contribution in [-0.4, -0.2) is 68.3 Å². The number of alkyl halides is 3. The lowest BCUT2D eigenvalue weighted by Crippen LogP contribution is -2.32. The summed E-state index contributed by atoms with van der Waals surface area (Å²) >= 11 is 1.38. The molecule has 0 aliphatic carbocycles. The number of nitrogens with zero attached hydrogens (tertiary/aromatic N) is 3. The van der Waals surface area contributed by atoms with E-state index >= 15 is 0 Å². The molecule has 2 heterocycles. The van der Waals surface area contributed by atoms with Crippen molar-refractivity contribution in [2.75, 3.05) is 19.7 Å². The highest BCUT2D eigenvalue weighted by Gasteiger charge is 2.38. The van der Waals surface area contributed by atoms with Gasteiger partial charge in [0.2, 0.25) is 0 Å². The standard InChI is InChI=1S/C16H24N4O3S.C2HF3O2/c1-3-23-16(22)5-4-8-20-11-14(18-19-20)9-13-10-17-7-6-15(13)24-12(2)21;3-2(4,5)1(6)7/h9,11,15,17H,3-8,10H2,1-2H3;(H,6,7)/b13-9+;. The summed E-state index contributed by atoms with van der Waals surface area (Å²) in [4.78, 5) is 31.6. The van der Waals surface area contributed by atoms with Crippen LogP contribution in [0.2, 0.25) is 0 Å². The summed E-state index contributed by atoms with van der Waals surface area (Å²) in [5.74, 6) is -2.94. The number of halogens is 3. The third-order valence-corrected chi connectivity index (χ3v) is 4.99. The van der Waals surface area contributed by atoms with Crippen molar-refractivity contribution in [3.05, 3.63) is 17.5 Å². The molecular formula is C18H25F3N4O5S. The van der Waals surface area contributed by atoms with Crippen LogP contribution in [0.4, 0.5) is 13.2 Å². The first kappa shape index (κ1) is 26.6. The Morgan fingerprint density at radius 3 is 2.68 bits per heavy atom. The third-order valence-electron chi connectivity index (χ3n) is 3.84. The van der Waals surface area contributed by atoms with Crippen molar-refractivity contribution in [2.24, 2.45) is 0 Å². The van der Waals surface area contributed by atoms with Crippen LogP contribution in [0.3, 0.4) is 0 Å². The fourth-order valence-electron chi connectivity index (χ4n) is 2.54. The first-order chi connectivity index (χ1) is 14.5. The largest absolute Gasteiger partial charge is 0.490 e. The lowest BCUT2D eigenvalue weighted by molar-refractivity contribution is -0.192. The van der Waals surface area contributed by atoms with E-state index in [1.807, 2.05) is 12.3 Å². The van der Waals surface area contributed by atoms with Gasteiger partial charge in [-0.05, 0) is 38.0 Å². The topological polar surface area (TPSA) is 123 Å². The minimum atomic E-state index is -5.08. The highest BCUT2D eigenvalue weighted by atomic mass is 32.2. The molecule has 1 aliphatic heterocycles. The summed E-state index contributed by atoms with van der Waals surface area (Å²) < 4.78 is 38.4. The van der Waals surface area contributed by atoms with Gasteiger partial charge in [0.1, 0.15) is 5.69 Å². The average Bonchev–Trinajstić information content (AvgIpc) is 3.10. The van der Waals surface area contributed by atoms with Gasteiger partial charge in [0, 0.05) is 31.7 Å². The van der Waals surface area contributed by atoms with Crippen molar-refractivity contribution in [3.8, 4) is 0 Å². The van der Waals surface area contributed by atoms with Gasteiger partial charge in [-0.25, -0.2) is 4.79 Å². The smallest absolute Gasteiger partial charge is 0.475 e. The second-order valence-electron chi connectivity index (χ2n) is 6.40. The van der Waals surface area contributed by atoms with E-state index < -0.39 is 12.1 Å². The number of hydrogen-bond acceptors (Lipinski definition) is 8. The summed E-state index contributed by atoms with van der Waals surface area (Å²) in [6.07, 6.45) is 0.765. The Hall–Kier alpha value is -2.41. The predicted molar refractivity (Wildman–Crippen MR) is 107 cm³/mol. The average molecular weight is 466 g/mol. The Morgan fingerprint density at radius 2 is 2.10 bits per heavy atom. The Morgan fingerprint density at radius 1 is 1.42 bits per heavy atom. The quantitative estimate of drug-likeness (QED) is 0.583. The lowest BCUT2D eigenvalue weighted by Gasteiger charge is -2.24. The number of aromatic nitrogens is 3. The Labute approximate surface area is 181 Å². The molecule has 0 spiro atoms. The summed E-state index contributed by atoms with van der Waals surface area (Å²) in [6, 6.07) is 0. The molecule has 1 unspecified atom stereocenters. The fourth-order valence-corrected chi connectivity index (χ4v) is 3.48. The number of aliphatic carboxylic acids is 1. The zero-order chi connectivity index (χ0) is 23.4. The van der Waals surface area contributed by atoms with Crippen molar-refractivity contribution < 1.29 is 37.4 Å². The van der Waals surface area contributed by atoms with E-state index in [1.54, 1.807) is 18.5 Å². The van der Waals surface area contributed by atoms with Crippen LogP contribution in [0.25, 0.3) is 6.08 Å². The highest BCUT2D eigenvalue weighted by molar-refractivity contribution is 8.14.